The molecule has 1 aromatic heterocycles. The van der Waals surface area contributed by atoms with Crippen LogP contribution in [0.5, 0.6) is 0 Å². The van der Waals surface area contributed by atoms with Crippen LogP contribution in [-0.2, 0) is 5.41 Å². The summed E-state index contributed by atoms with van der Waals surface area (Å²) in [5.74, 6) is 0.133. The van der Waals surface area contributed by atoms with Crippen LogP contribution in [0.3, 0.4) is 0 Å². The molecule has 0 fully saturated rings. The summed E-state index contributed by atoms with van der Waals surface area (Å²) >= 11 is 2.30. The molecule has 2 aromatic carbocycles. The second-order valence-electron chi connectivity index (χ2n) is 6.06. The summed E-state index contributed by atoms with van der Waals surface area (Å²) in [5.41, 5.74) is 4.65. The first-order chi connectivity index (χ1) is 10.00. The number of hydrogen-bond donors (Lipinski definition) is 1. The Morgan fingerprint density at radius 1 is 1.10 bits per heavy atom. The molecule has 21 heavy (non-hydrogen) atoms. The van der Waals surface area contributed by atoms with Crippen LogP contribution in [0.2, 0.25) is 0 Å². The van der Waals surface area contributed by atoms with Gasteiger partial charge in [0, 0.05) is 31.1 Å². The van der Waals surface area contributed by atoms with Crippen LogP contribution in [-0.4, -0.2) is 10.8 Å². The molecular formula is C18H14INO. The van der Waals surface area contributed by atoms with Gasteiger partial charge in [-0.3, -0.25) is 4.79 Å². The fourth-order valence-electron chi connectivity index (χ4n) is 3.35. The zero-order valence-corrected chi connectivity index (χ0v) is 14.0. The maximum absolute atomic E-state index is 13.0. The van der Waals surface area contributed by atoms with E-state index in [2.05, 4.69) is 47.5 Å². The first kappa shape index (κ1) is 13.1. The van der Waals surface area contributed by atoms with E-state index < -0.39 is 0 Å². The number of hydrogen-bond acceptors (Lipinski definition) is 1. The Balaban J connectivity index is 2.14. The van der Waals surface area contributed by atoms with Crippen molar-refractivity contribution in [2.45, 2.75) is 19.3 Å². The van der Waals surface area contributed by atoms with Crippen LogP contribution in [0.25, 0.3) is 10.9 Å². The Bertz CT molecular complexity index is 905. The lowest BCUT2D eigenvalue weighted by Crippen LogP contribution is -2.30. The highest BCUT2D eigenvalue weighted by atomic mass is 127. The lowest BCUT2D eigenvalue weighted by molar-refractivity contribution is 0.103. The van der Waals surface area contributed by atoms with Gasteiger partial charge in [0.2, 0.25) is 0 Å². The van der Waals surface area contributed by atoms with E-state index in [9.17, 15) is 4.79 Å². The molecule has 1 aliphatic rings. The topological polar surface area (TPSA) is 32.9 Å². The van der Waals surface area contributed by atoms with Crippen LogP contribution in [0, 0.1) is 3.57 Å². The second-order valence-corrected chi connectivity index (χ2v) is 7.31. The zero-order valence-electron chi connectivity index (χ0n) is 11.8. The minimum atomic E-state index is -0.196. The smallest absolute Gasteiger partial charge is 0.195 e. The van der Waals surface area contributed by atoms with Crippen molar-refractivity contribution in [1.82, 2.24) is 4.98 Å². The Hall–Kier alpha value is -1.62. The highest BCUT2D eigenvalue weighted by molar-refractivity contribution is 14.1. The minimum absolute atomic E-state index is 0.133. The monoisotopic (exact) mass is 387 g/mol. The molecule has 2 nitrogen and oxygen atoms in total. The fraction of sp³-hybridized carbons (Fsp3) is 0.167. The van der Waals surface area contributed by atoms with Crippen molar-refractivity contribution in [2.24, 2.45) is 0 Å². The van der Waals surface area contributed by atoms with Crippen LogP contribution >= 0.6 is 22.6 Å². The quantitative estimate of drug-likeness (QED) is 0.560. The highest BCUT2D eigenvalue weighted by Gasteiger charge is 2.39. The predicted molar refractivity (Wildman–Crippen MR) is 93.0 cm³/mol. The number of fused-ring (bicyclic) bond motifs is 4. The standard InChI is InChI=1S/C18H14INO/c1-18(2)13-9-10(19)7-8-11(13)16(21)15-12-5-3-4-6-14(12)20-17(15)18/h3-9,20H,1-2H3. The number of H-pyrrole nitrogens is 1. The average Bonchev–Trinajstić information content (AvgIpc) is 2.86. The third-order valence-corrected chi connectivity index (χ3v) is 5.13. The number of aromatic nitrogens is 1. The van der Waals surface area contributed by atoms with Gasteiger partial charge in [-0.05, 0) is 52.4 Å². The third-order valence-electron chi connectivity index (χ3n) is 4.46. The lowest BCUT2D eigenvalue weighted by Gasteiger charge is -2.32. The number of carbonyl (C=O) groups excluding carboxylic acids is 1. The lowest BCUT2D eigenvalue weighted by atomic mass is 9.71. The van der Waals surface area contributed by atoms with E-state index in [1.54, 1.807) is 0 Å². The highest BCUT2D eigenvalue weighted by Crippen LogP contribution is 2.43. The zero-order chi connectivity index (χ0) is 14.8. The second kappa shape index (κ2) is 4.19. The SMILES string of the molecule is CC1(C)c2cc(I)ccc2C(=O)c2c1[nH]c1ccccc21. The maximum atomic E-state index is 13.0. The van der Waals surface area contributed by atoms with Crippen molar-refractivity contribution in [3.63, 3.8) is 0 Å². The molecule has 1 aliphatic carbocycles. The summed E-state index contributed by atoms with van der Waals surface area (Å²) in [6.07, 6.45) is 0. The summed E-state index contributed by atoms with van der Waals surface area (Å²) in [7, 11) is 0. The van der Waals surface area contributed by atoms with Crippen LogP contribution < -0.4 is 0 Å². The fourth-order valence-corrected chi connectivity index (χ4v) is 3.84. The van der Waals surface area contributed by atoms with Gasteiger partial charge in [-0.2, -0.15) is 0 Å². The van der Waals surface area contributed by atoms with E-state index in [0.717, 1.165) is 36.9 Å². The van der Waals surface area contributed by atoms with Gasteiger partial charge in [0.05, 0.1) is 5.56 Å². The molecule has 3 heteroatoms. The van der Waals surface area contributed by atoms with E-state index in [-0.39, 0.29) is 11.2 Å². The van der Waals surface area contributed by atoms with Crippen molar-refractivity contribution >= 4 is 39.3 Å². The van der Waals surface area contributed by atoms with E-state index in [1.165, 1.54) is 0 Å². The number of nitrogens with one attached hydrogen (secondary N) is 1. The Morgan fingerprint density at radius 3 is 2.67 bits per heavy atom. The number of ketones is 1. The van der Waals surface area contributed by atoms with Crippen molar-refractivity contribution < 1.29 is 4.79 Å². The summed E-state index contributed by atoms with van der Waals surface area (Å²) in [4.78, 5) is 16.4. The first-order valence-electron chi connectivity index (χ1n) is 6.96. The van der Waals surface area contributed by atoms with Gasteiger partial charge >= 0.3 is 0 Å². The molecule has 0 spiro atoms. The number of aromatic amines is 1. The normalized spacial score (nSPS) is 15.9. The molecule has 0 unspecified atom stereocenters. The van der Waals surface area contributed by atoms with Gasteiger partial charge in [0.25, 0.3) is 0 Å². The van der Waals surface area contributed by atoms with E-state index in [4.69, 9.17) is 0 Å². The van der Waals surface area contributed by atoms with E-state index in [1.807, 2.05) is 36.4 Å². The van der Waals surface area contributed by atoms with Crippen molar-refractivity contribution in [3.05, 3.63) is 68.4 Å². The summed E-state index contributed by atoms with van der Waals surface area (Å²) in [5, 5.41) is 1.02. The van der Waals surface area contributed by atoms with Gasteiger partial charge in [-0.25, -0.2) is 0 Å². The molecule has 0 radical (unpaired) electrons. The molecule has 0 amide bonds. The van der Waals surface area contributed by atoms with Gasteiger partial charge in [0.15, 0.2) is 5.78 Å². The largest absolute Gasteiger partial charge is 0.357 e. The molecule has 1 heterocycles. The van der Waals surface area contributed by atoms with Gasteiger partial charge in [0.1, 0.15) is 0 Å². The number of para-hydroxylation sites is 1. The molecule has 0 bridgehead atoms. The molecule has 4 rings (SSSR count). The van der Waals surface area contributed by atoms with Gasteiger partial charge in [-0.1, -0.05) is 32.0 Å². The van der Waals surface area contributed by atoms with E-state index >= 15 is 0 Å². The maximum Gasteiger partial charge on any atom is 0.195 e. The van der Waals surface area contributed by atoms with Crippen molar-refractivity contribution in [1.29, 1.82) is 0 Å². The van der Waals surface area contributed by atoms with Crippen LogP contribution in [0.4, 0.5) is 0 Å². The van der Waals surface area contributed by atoms with Crippen molar-refractivity contribution in [2.75, 3.05) is 0 Å². The third kappa shape index (κ3) is 1.67. The van der Waals surface area contributed by atoms with Crippen LogP contribution in [0.1, 0.15) is 41.0 Å². The van der Waals surface area contributed by atoms with E-state index in [0.29, 0.717) is 0 Å². The van der Waals surface area contributed by atoms with Crippen LogP contribution in [0.15, 0.2) is 42.5 Å². The Kier molecular flexibility index (Phi) is 2.61. The van der Waals surface area contributed by atoms with Gasteiger partial charge in [-0.15, -0.1) is 0 Å². The number of rotatable bonds is 0. The molecule has 104 valence electrons. The molecule has 0 aliphatic heterocycles. The molecule has 3 aromatic rings. The molecule has 0 saturated heterocycles. The van der Waals surface area contributed by atoms with Crippen molar-refractivity contribution in [3.8, 4) is 0 Å². The average molecular weight is 387 g/mol. The van der Waals surface area contributed by atoms with Gasteiger partial charge < -0.3 is 4.98 Å². The summed E-state index contributed by atoms with van der Waals surface area (Å²) in [6.45, 7) is 4.37. The molecular weight excluding hydrogens is 373 g/mol. The predicted octanol–water partition coefficient (Wildman–Crippen LogP) is 4.64. The molecule has 0 saturated carbocycles. The number of carbonyl (C=O) groups is 1. The Labute approximate surface area is 136 Å². The number of benzene rings is 2. The first-order valence-corrected chi connectivity index (χ1v) is 8.04. The molecule has 1 N–H and O–H groups in total. The number of halogens is 1. The summed E-state index contributed by atoms with van der Waals surface area (Å²) in [6, 6.07) is 14.1. The Morgan fingerprint density at radius 2 is 1.86 bits per heavy atom. The molecule has 0 atom stereocenters. The minimum Gasteiger partial charge on any atom is -0.357 e. The summed E-state index contributed by atoms with van der Waals surface area (Å²) < 4.78 is 1.16.